The van der Waals surface area contributed by atoms with Gasteiger partial charge in [-0.15, -0.1) is 0 Å². The Morgan fingerprint density at radius 2 is 1.67 bits per heavy atom. The molecule has 0 aliphatic carbocycles. The van der Waals surface area contributed by atoms with Gasteiger partial charge >= 0.3 is 5.97 Å². The summed E-state index contributed by atoms with van der Waals surface area (Å²) in [6, 6.07) is 20.3. The second-order valence-electron chi connectivity index (χ2n) is 10.1. The number of benzene rings is 3. The van der Waals surface area contributed by atoms with E-state index in [1.165, 1.54) is 24.8 Å². The van der Waals surface area contributed by atoms with Gasteiger partial charge in [-0.2, -0.15) is 0 Å². The first kappa shape index (κ1) is 26.6. The summed E-state index contributed by atoms with van der Waals surface area (Å²) in [5.74, 6) is -0.957. The van der Waals surface area contributed by atoms with Gasteiger partial charge in [0.25, 0.3) is 5.91 Å². The van der Waals surface area contributed by atoms with Crippen LogP contribution in [0, 0.1) is 5.82 Å². The molecule has 0 bridgehead atoms. The molecule has 1 fully saturated rings. The smallest absolute Gasteiger partial charge is 0.305 e. The van der Waals surface area contributed by atoms with Crippen LogP contribution in [0.2, 0.25) is 0 Å². The lowest BCUT2D eigenvalue weighted by Gasteiger charge is -2.32. The van der Waals surface area contributed by atoms with Crippen molar-refractivity contribution in [2.45, 2.75) is 19.4 Å². The number of carbonyl (C=O) groups excluding carboxylic acids is 2. The number of anilines is 2. The summed E-state index contributed by atoms with van der Waals surface area (Å²) in [5, 5.41) is 6.26. The first-order chi connectivity index (χ1) is 18.9. The predicted octanol–water partition coefficient (Wildman–Crippen LogP) is 4.61. The Balaban J connectivity index is 1.43. The largest absolute Gasteiger partial charge is 0.469 e. The van der Waals surface area contributed by atoms with Gasteiger partial charge in [0.2, 0.25) is 0 Å². The van der Waals surface area contributed by atoms with E-state index in [1.54, 1.807) is 6.07 Å². The SMILES string of the molecule is COC(=O)CCc1ccc(/C(Nc2ccc(CN3CCN(C)CC3)cc2)=C2/C(=O)Nc3cc(F)ccc32)cc1. The van der Waals surface area contributed by atoms with Gasteiger partial charge in [-0.1, -0.05) is 36.4 Å². The minimum absolute atomic E-state index is 0.258. The number of carbonyl (C=O) groups is 2. The number of ether oxygens (including phenoxy) is 1. The van der Waals surface area contributed by atoms with E-state index in [0.717, 1.165) is 49.5 Å². The highest BCUT2D eigenvalue weighted by molar-refractivity contribution is 6.37. The summed E-state index contributed by atoms with van der Waals surface area (Å²) in [4.78, 5) is 29.5. The fraction of sp³-hybridized carbons (Fsp3) is 0.290. The molecule has 39 heavy (non-hydrogen) atoms. The van der Waals surface area contributed by atoms with Gasteiger partial charge in [0.15, 0.2) is 0 Å². The third kappa shape index (κ3) is 6.35. The molecule has 202 valence electrons. The number of fused-ring (bicyclic) bond motifs is 1. The molecule has 0 unspecified atom stereocenters. The number of nitrogens with zero attached hydrogens (tertiary/aromatic N) is 2. The Morgan fingerprint density at radius 3 is 2.36 bits per heavy atom. The number of nitrogens with one attached hydrogen (secondary N) is 2. The molecule has 1 saturated heterocycles. The Kier molecular flexibility index (Phi) is 8.05. The van der Waals surface area contributed by atoms with Crippen molar-refractivity contribution >= 4 is 34.5 Å². The number of amides is 1. The molecule has 1 amide bonds. The van der Waals surface area contributed by atoms with E-state index in [0.29, 0.717) is 35.4 Å². The van der Waals surface area contributed by atoms with Crippen molar-refractivity contribution in [3.8, 4) is 0 Å². The standard InChI is InChI=1S/C31H33FN4O3/c1-35-15-17-36(18-16-35)20-22-5-11-25(12-6-22)33-30(23-8-3-21(4-9-23)7-14-28(37)39-2)29-26-13-10-24(32)19-27(26)34-31(29)38/h3-6,8-13,19,33H,7,14-18,20H2,1-2H3,(H,34,38)/b30-29-. The highest BCUT2D eigenvalue weighted by Gasteiger charge is 2.29. The Morgan fingerprint density at radius 1 is 0.974 bits per heavy atom. The summed E-state index contributed by atoms with van der Waals surface area (Å²) in [5.41, 5.74) is 6.04. The van der Waals surface area contributed by atoms with E-state index in [9.17, 15) is 14.0 Å². The van der Waals surface area contributed by atoms with Crippen LogP contribution in [0.3, 0.4) is 0 Å². The van der Waals surface area contributed by atoms with Crippen LogP contribution < -0.4 is 10.6 Å². The minimum atomic E-state index is -0.407. The first-order valence-corrected chi connectivity index (χ1v) is 13.2. The molecule has 2 aliphatic heterocycles. The van der Waals surface area contributed by atoms with Crippen LogP contribution in [0.1, 0.15) is 28.7 Å². The summed E-state index contributed by atoms with van der Waals surface area (Å²) in [6.45, 7) is 5.16. The van der Waals surface area contributed by atoms with Crippen molar-refractivity contribution in [3.63, 3.8) is 0 Å². The summed E-state index contributed by atoms with van der Waals surface area (Å²) >= 11 is 0. The lowest BCUT2D eigenvalue weighted by Crippen LogP contribution is -2.43. The zero-order valence-electron chi connectivity index (χ0n) is 22.3. The van der Waals surface area contributed by atoms with Gasteiger partial charge in [-0.3, -0.25) is 14.5 Å². The van der Waals surface area contributed by atoms with Crippen molar-refractivity contribution in [1.82, 2.24) is 9.80 Å². The average Bonchev–Trinajstić information content (AvgIpc) is 3.27. The summed E-state index contributed by atoms with van der Waals surface area (Å²) < 4.78 is 18.6. The van der Waals surface area contributed by atoms with E-state index in [1.807, 2.05) is 36.4 Å². The molecule has 8 heteroatoms. The number of hydrogen-bond donors (Lipinski definition) is 2. The van der Waals surface area contributed by atoms with E-state index < -0.39 is 5.82 Å². The Labute approximate surface area is 228 Å². The van der Waals surface area contributed by atoms with Gasteiger partial charge in [0, 0.05) is 50.4 Å². The number of halogens is 1. The number of piperazine rings is 1. The lowest BCUT2D eigenvalue weighted by molar-refractivity contribution is -0.140. The second-order valence-corrected chi connectivity index (χ2v) is 10.1. The van der Waals surface area contributed by atoms with E-state index in [4.69, 9.17) is 4.74 Å². The van der Waals surface area contributed by atoms with Crippen molar-refractivity contribution in [3.05, 3.63) is 94.8 Å². The molecule has 0 radical (unpaired) electrons. The molecule has 0 aromatic heterocycles. The normalized spacial score (nSPS) is 16.9. The summed E-state index contributed by atoms with van der Waals surface area (Å²) in [7, 11) is 3.53. The molecule has 0 spiro atoms. The third-order valence-electron chi connectivity index (χ3n) is 7.29. The number of likely N-dealkylation sites (N-methyl/N-ethyl adjacent to an activating group) is 1. The van der Waals surface area contributed by atoms with Gasteiger partial charge in [-0.05, 0) is 60.5 Å². The topological polar surface area (TPSA) is 73.9 Å². The van der Waals surface area contributed by atoms with Crippen molar-refractivity contribution in [2.24, 2.45) is 0 Å². The Hall–Kier alpha value is -4.01. The highest BCUT2D eigenvalue weighted by Crippen LogP contribution is 2.38. The van der Waals surface area contributed by atoms with E-state index in [2.05, 4.69) is 39.6 Å². The molecule has 2 heterocycles. The van der Waals surface area contributed by atoms with Gasteiger partial charge in [0.1, 0.15) is 5.82 Å². The molecule has 3 aromatic rings. The number of methoxy groups -OCH3 is 1. The number of rotatable bonds is 8. The van der Waals surface area contributed by atoms with Crippen LogP contribution in [-0.4, -0.2) is 62.0 Å². The molecule has 3 aromatic carbocycles. The van der Waals surface area contributed by atoms with Gasteiger partial charge in [0.05, 0.1) is 24.1 Å². The maximum Gasteiger partial charge on any atom is 0.305 e. The molecule has 2 N–H and O–H groups in total. The number of esters is 1. The van der Waals surface area contributed by atoms with Crippen LogP contribution in [0.25, 0.3) is 11.3 Å². The minimum Gasteiger partial charge on any atom is -0.469 e. The highest BCUT2D eigenvalue weighted by atomic mass is 19.1. The monoisotopic (exact) mass is 528 g/mol. The second kappa shape index (κ2) is 11.8. The van der Waals surface area contributed by atoms with Crippen LogP contribution in [0.5, 0.6) is 0 Å². The fourth-order valence-electron chi connectivity index (χ4n) is 4.96. The maximum absolute atomic E-state index is 13.9. The van der Waals surface area contributed by atoms with Crippen molar-refractivity contribution < 1.29 is 18.7 Å². The molecular weight excluding hydrogens is 495 g/mol. The number of hydrogen-bond acceptors (Lipinski definition) is 6. The third-order valence-corrected chi connectivity index (χ3v) is 7.29. The summed E-state index contributed by atoms with van der Waals surface area (Å²) in [6.07, 6.45) is 0.855. The molecule has 0 atom stereocenters. The van der Waals surface area contributed by atoms with Crippen molar-refractivity contribution in [1.29, 1.82) is 0 Å². The van der Waals surface area contributed by atoms with Gasteiger partial charge in [-0.25, -0.2) is 4.39 Å². The number of aryl methyl sites for hydroxylation is 1. The molecule has 5 rings (SSSR count). The van der Waals surface area contributed by atoms with Crippen molar-refractivity contribution in [2.75, 3.05) is 51.0 Å². The zero-order chi connectivity index (χ0) is 27.4. The molecule has 0 saturated carbocycles. The van der Waals surface area contributed by atoms with Crippen LogP contribution in [0.4, 0.5) is 15.8 Å². The molecule has 2 aliphatic rings. The van der Waals surface area contributed by atoms with E-state index >= 15 is 0 Å². The predicted molar refractivity (Wildman–Crippen MR) is 151 cm³/mol. The van der Waals surface area contributed by atoms with Crippen LogP contribution in [0.15, 0.2) is 66.7 Å². The molecular formula is C31H33FN4O3. The fourth-order valence-corrected chi connectivity index (χ4v) is 4.96. The van der Waals surface area contributed by atoms with Gasteiger partial charge < -0.3 is 20.3 Å². The maximum atomic E-state index is 13.9. The van der Waals surface area contributed by atoms with Crippen LogP contribution in [-0.2, 0) is 27.3 Å². The lowest BCUT2D eigenvalue weighted by atomic mass is 9.98. The van der Waals surface area contributed by atoms with Crippen LogP contribution >= 0.6 is 0 Å². The zero-order valence-corrected chi connectivity index (χ0v) is 22.3. The first-order valence-electron chi connectivity index (χ1n) is 13.2. The average molecular weight is 529 g/mol. The molecule has 7 nitrogen and oxygen atoms in total. The van der Waals surface area contributed by atoms with E-state index in [-0.39, 0.29) is 11.9 Å². The Bertz CT molecular complexity index is 1380. The quantitative estimate of drug-likeness (QED) is 0.329.